The summed E-state index contributed by atoms with van der Waals surface area (Å²) in [5.41, 5.74) is 2.21. The van der Waals surface area contributed by atoms with Crippen LogP contribution in [0.5, 0.6) is 5.75 Å². The lowest BCUT2D eigenvalue weighted by atomic mass is 9.96. The van der Waals surface area contributed by atoms with Crippen molar-refractivity contribution in [2.45, 2.75) is 43.5 Å². The summed E-state index contributed by atoms with van der Waals surface area (Å²) in [6, 6.07) is 12.1. The number of hydrogen-bond acceptors (Lipinski definition) is 5. The van der Waals surface area contributed by atoms with Crippen molar-refractivity contribution < 1.29 is 17.9 Å². The SMILES string of the molecule is COc1ccc(C(=O)N2CCCC(c3nc4ccccc4[nH]3)C2)cc1S(=O)(=O)NC(C)C. The molecule has 8 nitrogen and oxygen atoms in total. The number of amides is 1. The van der Waals surface area contributed by atoms with Crippen LogP contribution >= 0.6 is 0 Å². The number of aromatic amines is 1. The molecule has 170 valence electrons. The van der Waals surface area contributed by atoms with Crippen LogP contribution in [0.2, 0.25) is 0 Å². The Kier molecular flexibility index (Phi) is 6.21. The van der Waals surface area contributed by atoms with Crippen LogP contribution in [0.1, 0.15) is 48.8 Å². The molecule has 1 unspecified atom stereocenters. The number of ether oxygens (including phenoxy) is 1. The summed E-state index contributed by atoms with van der Waals surface area (Å²) in [5, 5.41) is 0. The summed E-state index contributed by atoms with van der Waals surface area (Å²) >= 11 is 0. The van der Waals surface area contributed by atoms with Gasteiger partial charge in [-0.1, -0.05) is 12.1 Å². The molecular formula is C23H28N4O4S. The number of piperidine rings is 1. The molecule has 0 bridgehead atoms. The minimum absolute atomic E-state index is 0.0367. The monoisotopic (exact) mass is 456 g/mol. The number of hydrogen-bond donors (Lipinski definition) is 2. The molecule has 1 saturated heterocycles. The normalized spacial score (nSPS) is 17.1. The van der Waals surface area contributed by atoms with E-state index in [-0.39, 0.29) is 28.5 Å². The maximum absolute atomic E-state index is 13.3. The maximum atomic E-state index is 13.3. The molecule has 4 rings (SSSR count). The summed E-state index contributed by atoms with van der Waals surface area (Å²) in [5.74, 6) is 0.981. The number of para-hydroxylation sites is 2. The number of imidazole rings is 1. The van der Waals surface area contributed by atoms with E-state index >= 15 is 0 Å². The molecule has 2 N–H and O–H groups in total. The lowest BCUT2D eigenvalue weighted by Crippen LogP contribution is -2.39. The van der Waals surface area contributed by atoms with E-state index in [0.717, 1.165) is 29.7 Å². The van der Waals surface area contributed by atoms with Gasteiger partial charge < -0.3 is 14.6 Å². The van der Waals surface area contributed by atoms with E-state index < -0.39 is 10.0 Å². The molecule has 3 aromatic rings. The van der Waals surface area contributed by atoms with Crippen molar-refractivity contribution >= 4 is 27.0 Å². The van der Waals surface area contributed by atoms with E-state index in [9.17, 15) is 13.2 Å². The highest BCUT2D eigenvalue weighted by molar-refractivity contribution is 7.89. The van der Waals surface area contributed by atoms with Crippen LogP contribution in [-0.2, 0) is 10.0 Å². The Morgan fingerprint density at radius 2 is 2.03 bits per heavy atom. The van der Waals surface area contributed by atoms with Crippen LogP contribution < -0.4 is 9.46 Å². The zero-order chi connectivity index (χ0) is 22.9. The number of nitrogens with one attached hydrogen (secondary N) is 2. The number of sulfonamides is 1. The highest BCUT2D eigenvalue weighted by Gasteiger charge is 2.29. The van der Waals surface area contributed by atoms with Gasteiger partial charge in [0.15, 0.2) is 0 Å². The van der Waals surface area contributed by atoms with E-state index in [2.05, 4.69) is 9.71 Å². The summed E-state index contributed by atoms with van der Waals surface area (Å²) in [6.07, 6.45) is 1.79. The molecule has 0 aliphatic carbocycles. The molecule has 32 heavy (non-hydrogen) atoms. The first kappa shape index (κ1) is 22.3. The first-order valence-corrected chi connectivity index (χ1v) is 12.2. The molecule has 1 fully saturated rings. The van der Waals surface area contributed by atoms with Gasteiger partial charge >= 0.3 is 0 Å². The Morgan fingerprint density at radius 1 is 1.25 bits per heavy atom. The van der Waals surface area contributed by atoms with Crippen molar-refractivity contribution in [1.82, 2.24) is 19.6 Å². The van der Waals surface area contributed by atoms with Gasteiger partial charge in [-0.25, -0.2) is 18.1 Å². The second kappa shape index (κ2) is 8.91. The fraction of sp³-hybridized carbons (Fsp3) is 0.391. The van der Waals surface area contributed by atoms with Crippen LogP contribution in [0.25, 0.3) is 11.0 Å². The smallest absolute Gasteiger partial charge is 0.253 e. The molecule has 9 heteroatoms. The number of carbonyl (C=O) groups is 1. The number of benzene rings is 2. The molecule has 0 spiro atoms. The summed E-state index contributed by atoms with van der Waals surface area (Å²) in [7, 11) is -2.41. The zero-order valence-corrected chi connectivity index (χ0v) is 19.3. The van der Waals surface area contributed by atoms with E-state index in [4.69, 9.17) is 9.72 Å². The van der Waals surface area contributed by atoms with Crippen LogP contribution in [0.4, 0.5) is 0 Å². The van der Waals surface area contributed by atoms with Gasteiger partial charge in [0.05, 0.1) is 18.1 Å². The lowest BCUT2D eigenvalue weighted by molar-refractivity contribution is 0.0704. The van der Waals surface area contributed by atoms with Gasteiger partial charge in [-0.2, -0.15) is 0 Å². The van der Waals surface area contributed by atoms with E-state index in [1.165, 1.54) is 19.2 Å². The fourth-order valence-corrected chi connectivity index (χ4v) is 5.57. The number of likely N-dealkylation sites (tertiary alicyclic amines) is 1. The number of aromatic nitrogens is 2. The molecule has 0 saturated carbocycles. The van der Waals surface area contributed by atoms with Crippen molar-refractivity contribution in [2.24, 2.45) is 0 Å². The quantitative estimate of drug-likeness (QED) is 0.592. The average molecular weight is 457 g/mol. The summed E-state index contributed by atoms with van der Waals surface area (Å²) < 4.78 is 33.3. The Balaban J connectivity index is 1.59. The van der Waals surface area contributed by atoms with Gasteiger partial charge in [0, 0.05) is 30.6 Å². The third-order valence-electron chi connectivity index (χ3n) is 5.59. The van der Waals surface area contributed by atoms with Gasteiger partial charge in [-0.15, -0.1) is 0 Å². The van der Waals surface area contributed by atoms with Crippen LogP contribution in [0.15, 0.2) is 47.4 Å². The number of carbonyl (C=O) groups excluding carboxylic acids is 1. The second-order valence-corrected chi connectivity index (χ2v) is 10.1. The Hall–Kier alpha value is -2.91. The Labute approximate surface area is 188 Å². The first-order valence-electron chi connectivity index (χ1n) is 10.7. The molecule has 1 amide bonds. The average Bonchev–Trinajstić information content (AvgIpc) is 3.22. The minimum atomic E-state index is -3.82. The van der Waals surface area contributed by atoms with Gasteiger partial charge in [-0.05, 0) is 57.0 Å². The summed E-state index contributed by atoms with van der Waals surface area (Å²) in [4.78, 5) is 23.1. The molecule has 1 atom stereocenters. The van der Waals surface area contributed by atoms with Crippen molar-refractivity contribution in [3.63, 3.8) is 0 Å². The fourth-order valence-electron chi connectivity index (χ4n) is 4.13. The molecule has 1 aliphatic rings. The predicted molar refractivity (Wildman–Crippen MR) is 122 cm³/mol. The number of fused-ring (bicyclic) bond motifs is 1. The minimum Gasteiger partial charge on any atom is -0.495 e. The summed E-state index contributed by atoms with van der Waals surface area (Å²) in [6.45, 7) is 4.63. The highest BCUT2D eigenvalue weighted by Crippen LogP contribution is 2.29. The van der Waals surface area contributed by atoms with Crippen LogP contribution in [0.3, 0.4) is 0 Å². The number of rotatable bonds is 6. The van der Waals surface area contributed by atoms with Crippen molar-refractivity contribution in [2.75, 3.05) is 20.2 Å². The third kappa shape index (κ3) is 4.49. The van der Waals surface area contributed by atoms with Gasteiger partial charge in [0.1, 0.15) is 16.5 Å². The first-order chi connectivity index (χ1) is 15.3. The zero-order valence-electron chi connectivity index (χ0n) is 18.5. The number of nitrogens with zero attached hydrogens (tertiary/aromatic N) is 2. The topological polar surface area (TPSA) is 104 Å². The molecule has 1 aliphatic heterocycles. The molecule has 2 heterocycles. The highest BCUT2D eigenvalue weighted by atomic mass is 32.2. The third-order valence-corrected chi connectivity index (χ3v) is 7.27. The van der Waals surface area contributed by atoms with Crippen molar-refractivity contribution in [3.8, 4) is 5.75 Å². The second-order valence-electron chi connectivity index (χ2n) is 8.37. The van der Waals surface area contributed by atoms with Crippen LogP contribution in [-0.4, -0.2) is 55.4 Å². The van der Waals surface area contributed by atoms with Crippen molar-refractivity contribution in [1.29, 1.82) is 0 Å². The standard InChI is InChI=1S/C23H28N4O4S/c1-15(2)26-32(29,30)21-13-16(10-11-20(21)31-3)23(28)27-12-6-7-17(14-27)22-24-18-8-4-5-9-19(18)25-22/h4-5,8-11,13,15,17,26H,6-7,12,14H2,1-3H3,(H,24,25). The maximum Gasteiger partial charge on any atom is 0.253 e. The van der Waals surface area contributed by atoms with Crippen molar-refractivity contribution in [3.05, 3.63) is 53.9 Å². The van der Waals surface area contributed by atoms with E-state index in [1.807, 2.05) is 24.3 Å². The largest absolute Gasteiger partial charge is 0.495 e. The Bertz CT molecular complexity index is 1200. The predicted octanol–water partition coefficient (Wildman–Crippen LogP) is 3.28. The number of methoxy groups -OCH3 is 1. The van der Waals surface area contributed by atoms with Gasteiger partial charge in [0.2, 0.25) is 10.0 Å². The molecule has 2 aromatic carbocycles. The Morgan fingerprint density at radius 3 is 2.75 bits per heavy atom. The molecule has 1 aromatic heterocycles. The van der Waals surface area contributed by atoms with E-state index in [0.29, 0.717) is 18.7 Å². The lowest BCUT2D eigenvalue weighted by Gasteiger charge is -2.32. The molecular weight excluding hydrogens is 428 g/mol. The van der Waals surface area contributed by atoms with Gasteiger partial charge in [0.25, 0.3) is 5.91 Å². The number of H-pyrrole nitrogens is 1. The van der Waals surface area contributed by atoms with Gasteiger partial charge in [-0.3, -0.25) is 4.79 Å². The van der Waals surface area contributed by atoms with Crippen LogP contribution in [0, 0.1) is 0 Å². The molecule has 0 radical (unpaired) electrons. The van der Waals surface area contributed by atoms with E-state index in [1.54, 1.807) is 24.8 Å².